The molecule has 8 nitrogen and oxygen atoms in total. The van der Waals surface area contributed by atoms with E-state index in [1.54, 1.807) is 32.4 Å². The summed E-state index contributed by atoms with van der Waals surface area (Å²) in [5.74, 6) is 1.38. The normalized spacial score (nSPS) is 10.5. The molecule has 0 atom stereocenters. The number of anilines is 1. The van der Waals surface area contributed by atoms with E-state index in [9.17, 15) is 9.59 Å². The van der Waals surface area contributed by atoms with Gasteiger partial charge in [-0.25, -0.2) is 0 Å². The largest absolute Gasteiger partial charge is 0.497 e. The molecule has 8 heteroatoms. The second-order valence-corrected chi connectivity index (χ2v) is 6.86. The van der Waals surface area contributed by atoms with Crippen LogP contribution in [0.25, 0.3) is 11.4 Å². The zero-order valence-electron chi connectivity index (χ0n) is 17.4. The number of aryl methyl sites for hydroxylation is 2. The van der Waals surface area contributed by atoms with Gasteiger partial charge in [0.1, 0.15) is 11.5 Å². The number of carbonyl (C=O) groups is 2. The molecule has 0 aliphatic heterocycles. The van der Waals surface area contributed by atoms with Crippen molar-refractivity contribution >= 4 is 17.6 Å². The number of aromatic nitrogens is 3. The van der Waals surface area contributed by atoms with Crippen LogP contribution >= 0.6 is 0 Å². The number of aromatic amines is 1. The number of ether oxygens (including phenoxy) is 2. The molecule has 1 aromatic heterocycles. The van der Waals surface area contributed by atoms with Crippen LogP contribution in [0.3, 0.4) is 0 Å². The average molecular weight is 408 g/mol. The van der Waals surface area contributed by atoms with Gasteiger partial charge in [0.25, 0.3) is 0 Å². The molecular formula is C22H24N4O4. The lowest BCUT2D eigenvalue weighted by atomic mass is 9.99. The van der Waals surface area contributed by atoms with Gasteiger partial charge in [-0.05, 0) is 37.6 Å². The Balaban J connectivity index is 1.63. The third-order valence-corrected chi connectivity index (χ3v) is 4.67. The molecule has 0 unspecified atom stereocenters. The molecule has 1 amide bonds. The fraction of sp³-hybridized carbons (Fsp3) is 0.273. The number of H-pyrrole nitrogens is 1. The van der Waals surface area contributed by atoms with E-state index >= 15 is 0 Å². The number of ketones is 1. The van der Waals surface area contributed by atoms with Crippen molar-refractivity contribution in [3.8, 4) is 22.9 Å². The lowest BCUT2D eigenvalue weighted by Crippen LogP contribution is -2.15. The monoisotopic (exact) mass is 408 g/mol. The fourth-order valence-electron chi connectivity index (χ4n) is 3.02. The summed E-state index contributed by atoms with van der Waals surface area (Å²) < 4.78 is 10.6. The maximum atomic E-state index is 12.4. The SMILES string of the molecule is COc1ccc(-c2nc(NC(=O)CCC(=O)c3cc(C)ccc3C)n[nH]2)c(OC)c1. The molecule has 3 aromatic rings. The van der Waals surface area contributed by atoms with Crippen LogP contribution in [0.4, 0.5) is 5.95 Å². The first kappa shape index (κ1) is 21.0. The summed E-state index contributed by atoms with van der Waals surface area (Å²) in [7, 11) is 3.12. The summed E-state index contributed by atoms with van der Waals surface area (Å²) in [4.78, 5) is 29.0. The van der Waals surface area contributed by atoms with Crippen LogP contribution in [0.5, 0.6) is 11.5 Å². The third-order valence-electron chi connectivity index (χ3n) is 4.67. The van der Waals surface area contributed by atoms with E-state index < -0.39 is 0 Å². The fourth-order valence-corrected chi connectivity index (χ4v) is 3.02. The molecule has 0 spiro atoms. The van der Waals surface area contributed by atoms with Crippen molar-refractivity contribution < 1.29 is 19.1 Å². The molecule has 1 heterocycles. The Hall–Kier alpha value is -3.68. The Morgan fingerprint density at radius 1 is 1.03 bits per heavy atom. The van der Waals surface area contributed by atoms with E-state index in [1.165, 1.54) is 0 Å². The Bertz CT molecular complexity index is 1070. The van der Waals surface area contributed by atoms with Crippen molar-refractivity contribution in [1.82, 2.24) is 15.2 Å². The van der Waals surface area contributed by atoms with Crippen LogP contribution in [0.2, 0.25) is 0 Å². The quantitative estimate of drug-likeness (QED) is 0.551. The molecule has 156 valence electrons. The van der Waals surface area contributed by atoms with E-state index in [4.69, 9.17) is 9.47 Å². The minimum absolute atomic E-state index is 0.0436. The van der Waals surface area contributed by atoms with E-state index in [0.717, 1.165) is 11.1 Å². The second-order valence-electron chi connectivity index (χ2n) is 6.86. The molecule has 0 saturated carbocycles. The minimum atomic E-state index is -0.332. The maximum Gasteiger partial charge on any atom is 0.249 e. The first-order chi connectivity index (χ1) is 14.4. The van der Waals surface area contributed by atoms with Crippen LogP contribution in [0.15, 0.2) is 36.4 Å². The van der Waals surface area contributed by atoms with E-state index in [-0.39, 0.29) is 30.5 Å². The van der Waals surface area contributed by atoms with Crippen molar-refractivity contribution in [2.45, 2.75) is 26.7 Å². The zero-order valence-corrected chi connectivity index (χ0v) is 17.4. The van der Waals surface area contributed by atoms with Crippen molar-refractivity contribution in [2.75, 3.05) is 19.5 Å². The Morgan fingerprint density at radius 3 is 2.57 bits per heavy atom. The van der Waals surface area contributed by atoms with E-state index in [1.807, 2.05) is 32.0 Å². The smallest absolute Gasteiger partial charge is 0.249 e. The third kappa shape index (κ3) is 4.83. The summed E-state index contributed by atoms with van der Waals surface area (Å²) in [6.07, 6.45) is 0.154. The Kier molecular flexibility index (Phi) is 6.46. The van der Waals surface area contributed by atoms with Gasteiger partial charge < -0.3 is 9.47 Å². The molecule has 0 saturated heterocycles. The van der Waals surface area contributed by atoms with Gasteiger partial charge in [0.15, 0.2) is 11.6 Å². The molecule has 0 bridgehead atoms. The number of hydrogen-bond acceptors (Lipinski definition) is 6. The number of hydrogen-bond donors (Lipinski definition) is 2. The number of nitrogens with one attached hydrogen (secondary N) is 2. The van der Waals surface area contributed by atoms with Gasteiger partial charge in [-0.3, -0.25) is 20.0 Å². The van der Waals surface area contributed by atoms with Gasteiger partial charge >= 0.3 is 0 Å². The summed E-state index contributed by atoms with van der Waals surface area (Å²) in [6.45, 7) is 3.82. The zero-order chi connectivity index (χ0) is 21.7. The predicted molar refractivity (Wildman–Crippen MR) is 113 cm³/mol. The highest BCUT2D eigenvalue weighted by Crippen LogP contribution is 2.31. The number of amides is 1. The molecule has 0 aliphatic carbocycles. The lowest BCUT2D eigenvalue weighted by molar-refractivity contribution is -0.116. The number of carbonyl (C=O) groups excluding carboxylic acids is 2. The number of nitrogens with zero attached hydrogens (tertiary/aromatic N) is 2. The van der Waals surface area contributed by atoms with Gasteiger partial charge in [-0.2, -0.15) is 4.98 Å². The number of methoxy groups -OCH3 is 2. The topological polar surface area (TPSA) is 106 Å². The molecule has 30 heavy (non-hydrogen) atoms. The summed E-state index contributed by atoms with van der Waals surface area (Å²) in [5.41, 5.74) is 3.24. The second kappa shape index (κ2) is 9.21. The van der Waals surface area contributed by atoms with E-state index in [0.29, 0.717) is 28.5 Å². The summed E-state index contributed by atoms with van der Waals surface area (Å²) >= 11 is 0. The Morgan fingerprint density at radius 2 is 1.83 bits per heavy atom. The number of rotatable bonds is 8. The highest BCUT2D eigenvalue weighted by atomic mass is 16.5. The maximum absolute atomic E-state index is 12.4. The van der Waals surface area contributed by atoms with Gasteiger partial charge in [-0.15, -0.1) is 5.10 Å². The van der Waals surface area contributed by atoms with Crippen LogP contribution < -0.4 is 14.8 Å². The van der Waals surface area contributed by atoms with Gasteiger partial charge in [-0.1, -0.05) is 17.7 Å². The average Bonchev–Trinajstić information content (AvgIpc) is 3.21. The number of benzene rings is 2. The van der Waals surface area contributed by atoms with Crippen LogP contribution in [0, 0.1) is 13.8 Å². The van der Waals surface area contributed by atoms with E-state index in [2.05, 4.69) is 20.5 Å². The molecule has 2 N–H and O–H groups in total. The lowest BCUT2D eigenvalue weighted by Gasteiger charge is -2.08. The molecular weight excluding hydrogens is 384 g/mol. The van der Waals surface area contributed by atoms with Crippen molar-refractivity contribution in [2.24, 2.45) is 0 Å². The van der Waals surface area contributed by atoms with Crippen molar-refractivity contribution in [1.29, 1.82) is 0 Å². The standard InChI is InChI=1S/C22H24N4O4/c1-13-5-6-14(2)17(11-13)18(27)9-10-20(28)23-22-24-21(25-26-22)16-8-7-15(29-3)12-19(16)30-4/h5-8,11-12H,9-10H2,1-4H3,(H2,23,24,25,26,28). The minimum Gasteiger partial charge on any atom is -0.497 e. The van der Waals surface area contributed by atoms with Crippen LogP contribution in [-0.4, -0.2) is 41.1 Å². The highest BCUT2D eigenvalue weighted by Gasteiger charge is 2.15. The first-order valence-corrected chi connectivity index (χ1v) is 9.46. The predicted octanol–water partition coefficient (Wildman–Crippen LogP) is 3.71. The van der Waals surface area contributed by atoms with Crippen molar-refractivity contribution in [3.63, 3.8) is 0 Å². The molecule has 2 aromatic carbocycles. The van der Waals surface area contributed by atoms with Crippen LogP contribution in [0.1, 0.15) is 34.3 Å². The molecule has 3 rings (SSSR count). The van der Waals surface area contributed by atoms with Crippen molar-refractivity contribution in [3.05, 3.63) is 53.1 Å². The summed E-state index contributed by atoms with van der Waals surface area (Å²) in [6, 6.07) is 11.0. The van der Waals surface area contributed by atoms with Gasteiger partial charge in [0, 0.05) is 24.5 Å². The Labute approximate surface area is 174 Å². The van der Waals surface area contributed by atoms with Gasteiger partial charge in [0.05, 0.1) is 19.8 Å². The first-order valence-electron chi connectivity index (χ1n) is 9.46. The molecule has 0 fully saturated rings. The number of Topliss-reactive ketones (excluding diaryl/α,β-unsaturated/α-hetero) is 1. The molecule has 0 aliphatic rings. The summed E-state index contributed by atoms with van der Waals surface area (Å²) in [5, 5.41) is 9.42. The van der Waals surface area contributed by atoms with Crippen LogP contribution in [-0.2, 0) is 4.79 Å². The van der Waals surface area contributed by atoms with Gasteiger partial charge in [0.2, 0.25) is 11.9 Å². The highest BCUT2D eigenvalue weighted by molar-refractivity contribution is 6.00. The molecule has 0 radical (unpaired) electrons.